The summed E-state index contributed by atoms with van der Waals surface area (Å²) in [4.78, 5) is 35.6. The summed E-state index contributed by atoms with van der Waals surface area (Å²) in [5.74, 6) is -1.16. The minimum Gasteiger partial charge on any atom is -0.482 e. The van der Waals surface area contributed by atoms with Crippen LogP contribution in [0, 0.1) is 0 Å². The molecule has 0 saturated carbocycles. The lowest BCUT2D eigenvalue weighted by Crippen LogP contribution is -2.39. The van der Waals surface area contributed by atoms with Crippen molar-refractivity contribution in [2.75, 3.05) is 30.0 Å². The number of carbonyl (C=O) groups excluding carboxylic acids is 2. The van der Waals surface area contributed by atoms with E-state index >= 15 is 0 Å². The zero-order chi connectivity index (χ0) is 16.8. The van der Waals surface area contributed by atoms with E-state index in [1.165, 1.54) is 4.90 Å². The third-order valence-corrected chi connectivity index (χ3v) is 3.29. The number of aliphatic hydroxyl groups excluding tert-OH is 1. The Bertz CT molecular complexity index is 616. The van der Waals surface area contributed by atoms with Crippen LogP contribution >= 0.6 is 0 Å². The molecule has 1 heterocycles. The van der Waals surface area contributed by atoms with Gasteiger partial charge in [0.2, 0.25) is 5.91 Å². The van der Waals surface area contributed by atoms with Gasteiger partial charge in [-0.1, -0.05) is 0 Å². The van der Waals surface area contributed by atoms with Crippen LogP contribution in [0.3, 0.4) is 0 Å². The first-order valence-corrected chi connectivity index (χ1v) is 7.21. The van der Waals surface area contributed by atoms with Gasteiger partial charge in [0.25, 0.3) is 5.91 Å². The first-order chi connectivity index (χ1) is 11.0. The maximum absolute atomic E-state index is 11.9. The molecule has 0 fully saturated rings. The lowest BCUT2D eigenvalue weighted by Gasteiger charge is -2.29. The SMILES string of the molecule is O=C(O)CCC(=O)Nc1ccc2c(c1)N(CCCO)C(=O)CO2. The van der Waals surface area contributed by atoms with Crippen molar-refractivity contribution in [3.8, 4) is 5.75 Å². The summed E-state index contributed by atoms with van der Waals surface area (Å²) >= 11 is 0. The number of carbonyl (C=O) groups is 3. The molecule has 1 aromatic rings. The molecule has 1 aliphatic rings. The van der Waals surface area contributed by atoms with Crippen LogP contribution in [-0.2, 0) is 14.4 Å². The van der Waals surface area contributed by atoms with Gasteiger partial charge in [-0.25, -0.2) is 0 Å². The third kappa shape index (κ3) is 4.43. The number of aliphatic hydroxyl groups is 1. The molecule has 2 rings (SSSR count). The van der Waals surface area contributed by atoms with Crippen LogP contribution in [0.25, 0.3) is 0 Å². The second kappa shape index (κ2) is 7.59. The van der Waals surface area contributed by atoms with E-state index in [0.717, 1.165) is 0 Å². The summed E-state index contributed by atoms with van der Waals surface area (Å²) in [5.41, 5.74) is 0.970. The maximum Gasteiger partial charge on any atom is 0.303 e. The molecule has 0 aromatic heterocycles. The number of benzene rings is 1. The number of rotatable bonds is 7. The average Bonchev–Trinajstić information content (AvgIpc) is 2.52. The van der Waals surface area contributed by atoms with Crippen molar-refractivity contribution >= 4 is 29.2 Å². The lowest BCUT2D eigenvalue weighted by molar-refractivity contribution is -0.138. The van der Waals surface area contributed by atoms with Crippen molar-refractivity contribution in [1.82, 2.24) is 0 Å². The smallest absolute Gasteiger partial charge is 0.303 e. The van der Waals surface area contributed by atoms with Gasteiger partial charge in [-0.2, -0.15) is 0 Å². The Labute approximate surface area is 132 Å². The Morgan fingerprint density at radius 2 is 2.09 bits per heavy atom. The van der Waals surface area contributed by atoms with Crippen molar-refractivity contribution in [2.24, 2.45) is 0 Å². The van der Waals surface area contributed by atoms with Crippen LogP contribution in [0.5, 0.6) is 5.75 Å². The van der Waals surface area contributed by atoms with E-state index in [0.29, 0.717) is 30.1 Å². The van der Waals surface area contributed by atoms with E-state index in [1.807, 2.05) is 0 Å². The van der Waals surface area contributed by atoms with Gasteiger partial charge in [-0.05, 0) is 24.6 Å². The highest BCUT2D eigenvalue weighted by molar-refractivity contribution is 5.99. The largest absolute Gasteiger partial charge is 0.482 e. The van der Waals surface area contributed by atoms with Gasteiger partial charge in [0.05, 0.1) is 12.1 Å². The molecule has 0 aliphatic carbocycles. The highest BCUT2D eigenvalue weighted by Gasteiger charge is 2.25. The number of carboxylic acid groups (broad SMARTS) is 1. The third-order valence-electron chi connectivity index (χ3n) is 3.29. The molecule has 124 valence electrons. The summed E-state index contributed by atoms with van der Waals surface area (Å²) in [6.45, 7) is 0.246. The number of amides is 2. The molecule has 8 heteroatoms. The number of anilines is 2. The van der Waals surface area contributed by atoms with Gasteiger partial charge in [0.15, 0.2) is 6.61 Å². The molecule has 2 amide bonds. The van der Waals surface area contributed by atoms with Crippen molar-refractivity contribution in [2.45, 2.75) is 19.3 Å². The van der Waals surface area contributed by atoms with Crippen LogP contribution < -0.4 is 15.0 Å². The van der Waals surface area contributed by atoms with Crippen LogP contribution in [0.15, 0.2) is 18.2 Å². The van der Waals surface area contributed by atoms with Gasteiger partial charge in [-0.3, -0.25) is 14.4 Å². The maximum atomic E-state index is 11.9. The number of nitrogens with zero attached hydrogens (tertiary/aromatic N) is 1. The van der Waals surface area contributed by atoms with E-state index in [-0.39, 0.29) is 32.0 Å². The Morgan fingerprint density at radius 1 is 1.30 bits per heavy atom. The number of nitrogens with one attached hydrogen (secondary N) is 1. The Balaban J connectivity index is 2.12. The molecule has 1 aromatic carbocycles. The summed E-state index contributed by atoms with van der Waals surface area (Å²) in [6, 6.07) is 4.86. The molecule has 0 bridgehead atoms. The van der Waals surface area contributed by atoms with E-state index in [2.05, 4.69) is 5.32 Å². The van der Waals surface area contributed by atoms with E-state index in [9.17, 15) is 14.4 Å². The highest BCUT2D eigenvalue weighted by Crippen LogP contribution is 2.34. The molecule has 0 spiro atoms. The molecule has 0 unspecified atom stereocenters. The first kappa shape index (κ1) is 16.8. The fourth-order valence-corrected chi connectivity index (χ4v) is 2.20. The van der Waals surface area contributed by atoms with Crippen molar-refractivity contribution in [3.05, 3.63) is 18.2 Å². The van der Waals surface area contributed by atoms with E-state index < -0.39 is 11.9 Å². The number of hydrogen-bond acceptors (Lipinski definition) is 5. The van der Waals surface area contributed by atoms with Crippen LogP contribution in [-0.4, -0.2) is 47.8 Å². The number of hydrogen-bond donors (Lipinski definition) is 3. The number of carboxylic acids is 1. The first-order valence-electron chi connectivity index (χ1n) is 7.21. The number of ether oxygens (including phenoxy) is 1. The second-order valence-corrected chi connectivity index (χ2v) is 5.04. The van der Waals surface area contributed by atoms with Gasteiger partial charge < -0.3 is 25.2 Å². The number of fused-ring (bicyclic) bond motifs is 1. The Hall–Kier alpha value is -2.61. The zero-order valence-electron chi connectivity index (χ0n) is 12.4. The quantitative estimate of drug-likeness (QED) is 0.677. The number of aliphatic carboxylic acids is 1. The molecule has 1 aliphatic heterocycles. The molecule has 0 saturated heterocycles. The molecular weight excluding hydrogens is 304 g/mol. The molecule has 3 N–H and O–H groups in total. The predicted octanol–water partition coefficient (Wildman–Crippen LogP) is 0.598. The summed E-state index contributed by atoms with van der Waals surface area (Å²) in [5, 5.41) is 20.1. The topological polar surface area (TPSA) is 116 Å². The van der Waals surface area contributed by atoms with Gasteiger partial charge in [0.1, 0.15) is 5.75 Å². The Kier molecular flexibility index (Phi) is 5.53. The monoisotopic (exact) mass is 322 g/mol. The standard InChI is InChI=1S/C15H18N2O6/c18-7-1-6-17-11-8-10(16-13(19)4-5-15(21)22)2-3-12(11)23-9-14(17)20/h2-3,8,18H,1,4-7,9H2,(H,16,19)(H,21,22). The molecule has 0 radical (unpaired) electrons. The summed E-state index contributed by atoms with van der Waals surface area (Å²) in [6.07, 6.45) is 0.0530. The molecular formula is C15H18N2O6. The minimum atomic E-state index is -1.04. The predicted molar refractivity (Wildman–Crippen MR) is 81.5 cm³/mol. The van der Waals surface area contributed by atoms with Crippen molar-refractivity contribution in [3.63, 3.8) is 0 Å². The van der Waals surface area contributed by atoms with Gasteiger partial charge >= 0.3 is 5.97 Å². The van der Waals surface area contributed by atoms with Crippen molar-refractivity contribution in [1.29, 1.82) is 0 Å². The average molecular weight is 322 g/mol. The summed E-state index contributed by atoms with van der Waals surface area (Å²) in [7, 11) is 0. The lowest BCUT2D eigenvalue weighted by atomic mass is 10.2. The fourth-order valence-electron chi connectivity index (χ4n) is 2.20. The van der Waals surface area contributed by atoms with E-state index in [1.54, 1.807) is 18.2 Å². The van der Waals surface area contributed by atoms with Gasteiger partial charge in [-0.15, -0.1) is 0 Å². The van der Waals surface area contributed by atoms with Crippen molar-refractivity contribution < 1.29 is 29.3 Å². The zero-order valence-corrected chi connectivity index (χ0v) is 12.4. The molecule has 8 nitrogen and oxygen atoms in total. The Morgan fingerprint density at radius 3 is 2.78 bits per heavy atom. The normalized spacial score (nSPS) is 13.3. The molecule has 23 heavy (non-hydrogen) atoms. The molecule has 0 atom stereocenters. The van der Waals surface area contributed by atoms with Gasteiger partial charge in [0, 0.05) is 25.3 Å². The van der Waals surface area contributed by atoms with Crippen LogP contribution in [0.2, 0.25) is 0 Å². The van der Waals surface area contributed by atoms with Crippen LogP contribution in [0.1, 0.15) is 19.3 Å². The fraction of sp³-hybridized carbons (Fsp3) is 0.400. The minimum absolute atomic E-state index is 0.0361. The van der Waals surface area contributed by atoms with Crippen LogP contribution in [0.4, 0.5) is 11.4 Å². The van der Waals surface area contributed by atoms with E-state index in [4.69, 9.17) is 14.9 Å². The highest BCUT2D eigenvalue weighted by atomic mass is 16.5. The second-order valence-electron chi connectivity index (χ2n) is 5.04. The summed E-state index contributed by atoms with van der Waals surface area (Å²) < 4.78 is 5.34.